The van der Waals surface area contributed by atoms with E-state index in [0.717, 1.165) is 12.1 Å². The van der Waals surface area contributed by atoms with Gasteiger partial charge in [-0.1, -0.05) is 55.5 Å². The molecule has 0 saturated heterocycles. The number of nitrogens with zero attached hydrogens (tertiary/aromatic N) is 1. The minimum absolute atomic E-state index is 0.550. The molecule has 0 spiro atoms. The second kappa shape index (κ2) is 5.46. The van der Waals surface area contributed by atoms with E-state index in [1.54, 1.807) is 0 Å². The standard InChI is InChI=1S/C19H19N/c1-14-8-6-7-11-17(14)19-12-15(2)18(13-20-19)16-9-4-3-5-10-16/h3-7,9-14H,8H2,1-2H3/t14-/m1/s1. The minimum Gasteiger partial charge on any atom is -0.256 e. The van der Waals surface area contributed by atoms with E-state index in [1.165, 1.54) is 22.3 Å². The second-order valence-corrected chi connectivity index (χ2v) is 5.44. The number of hydrogen-bond donors (Lipinski definition) is 0. The molecule has 0 aliphatic heterocycles. The van der Waals surface area contributed by atoms with Crippen molar-refractivity contribution in [1.82, 2.24) is 4.98 Å². The van der Waals surface area contributed by atoms with Crippen molar-refractivity contribution < 1.29 is 0 Å². The lowest BCUT2D eigenvalue weighted by atomic mass is 9.89. The molecule has 1 aliphatic rings. The van der Waals surface area contributed by atoms with Crippen LogP contribution in [0.4, 0.5) is 0 Å². The Morgan fingerprint density at radius 1 is 1.15 bits per heavy atom. The van der Waals surface area contributed by atoms with Gasteiger partial charge in [0.05, 0.1) is 5.69 Å². The van der Waals surface area contributed by atoms with Crippen LogP contribution < -0.4 is 0 Å². The molecule has 3 rings (SSSR count). The first-order valence-corrected chi connectivity index (χ1v) is 7.15. The summed E-state index contributed by atoms with van der Waals surface area (Å²) in [6.07, 6.45) is 9.66. The van der Waals surface area contributed by atoms with E-state index >= 15 is 0 Å². The van der Waals surface area contributed by atoms with Crippen LogP contribution in [0, 0.1) is 12.8 Å². The van der Waals surface area contributed by atoms with Crippen LogP contribution in [0.2, 0.25) is 0 Å². The zero-order chi connectivity index (χ0) is 13.9. The smallest absolute Gasteiger partial charge is 0.0667 e. The maximum absolute atomic E-state index is 4.69. The van der Waals surface area contributed by atoms with Gasteiger partial charge in [-0.3, -0.25) is 4.98 Å². The number of benzene rings is 1. The summed E-state index contributed by atoms with van der Waals surface area (Å²) in [5.74, 6) is 0.550. The van der Waals surface area contributed by atoms with Gasteiger partial charge in [0.15, 0.2) is 0 Å². The molecule has 1 aliphatic carbocycles. The monoisotopic (exact) mass is 261 g/mol. The van der Waals surface area contributed by atoms with Gasteiger partial charge in [-0.05, 0) is 42.0 Å². The van der Waals surface area contributed by atoms with E-state index in [0.29, 0.717) is 5.92 Å². The Morgan fingerprint density at radius 2 is 1.95 bits per heavy atom. The number of pyridine rings is 1. The third-order valence-corrected chi connectivity index (χ3v) is 3.92. The summed E-state index contributed by atoms with van der Waals surface area (Å²) in [4.78, 5) is 4.69. The number of allylic oxidation sites excluding steroid dienone is 4. The van der Waals surface area contributed by atoms with E-state index in [9.17, 15) is 0 Å². The highest BCUT2D eigenvalue weighted by molar-refractivity contribution is 5.72. The number of aromatic nitrogens is 1. The van der Waals surface area contributed by atoms with Crippen LogP contribution in [-0.2, 0) is 0 Å². The van der Waals surface area contributed by atoms with Crippen LogP contribution in [-0.4, -0.2) is 4.98 Å². The van der Waals surface area contributed by atoms with Gasteiger partial charge in [0.25, 0.3) is 0 Å². The molecule has 0 unspecified atom stereocenters. The molecule has 0 N–H and O–H groups in total. The van der Waals surface area contributed by atoms with Gasteiger partial charge in [0.2, 0.25) is 0 Å². The van der Waals surface area contributed by atoms with E-state index in [-0.39, 0.29) is 0 Å². The van der Waals surface area contributed by atoms with Crippen LogP contribution in [0.5, 0.6) is 0 Å². The quantitative estimate of drug-likeness (QED) is 0.738. The maximum Gasteiger partial charge on any atom is 0.0667 e. The largest absolute Gasteiger partial charge is 0.256 e. The van der Waals surface area contributed by atoms with Crippen LogP contribution in [0.1, 0.15) is 24.6 Å². The van der Waals surface area contributed by atoms with Gasteiger partial charge in [-0.2, -0.15) is 0 Å². The average molecular weight is 261 g/mol. The Hall–Kier alpha value is -2.15. The molecule has 1 heterocycles. The normalized spacial score (nSPS) is 17.9. The fourth-order valence-electron chi connectivity index (χ4n) is 2.72. The highest BCUT2D eigenvalue weighted by Gasteiger charge is 2.14. The topological polar surface area (TPSA) is 12.9 Å². The van der Waals surface area contributed by atoms with Crippen LogP contribution in [0.25, 0.3) is 16.7 Å². The molecule has 0 amide bonds. The Bertz CT molecular complexity index is 665. The highest BCUT2D eigenvalue weighted by Crippen LogP contribution is 2.30. The molecule has 1 nitrogen and oxygen atoms in total. The Balaban J connectivity index is 2.00. The fourth-order valence-corrected chi connectivity index (χ4v) is 2.72. The molecular weight excluding hydrogens is 242 g/mol. The van der Waals surface area contributed by atoms with Gasteiger partial charge < -0.3 is 0 Å². The zero-order valence-electron chi connectivity index (χ0n) is 12.0. The summed E-state index contributed by atoms with van der Waals surface area (Å²) in [5.41, 5.74) is 6.18. The molecule has 0 fully saturated rings. The molecule has 1 atom stereocenters. The van der Waals surface area contributed by atoms with E-state index in [4.69, 9.17) is 0 Å². The third kappa shape index (κ3) is 2.44. The average Bonchev–Trinajstić information content (AvgIpc) is 2.48. The first-order valence-electron chi connectivity index (χ1n) is 7.15. The van der Waals surface area contributed by atoms with Crippen LogP contribution >= 0.6 is 0 Å². The number of aryl methyl sites for hydroxylation is 1. The summed E-state index contributed by atoms with van der Waals surface area (Å²) in [5, 5.41) is 0. The van der Waals surface area contributed by atoms with Crippen molar-refractivity contribution in [2.75, 3.05) is 0 Å². The van der Waals surface area contributed by atoms with Crippen molar-refractivity contribution in [3.8, 4) is 11.1 Å². The lowest BCUT2D eigenvalue weighted by Crippen LogP contribution is -2.03. The third-order valence-electron chi connectivity index (χ3n) is 3.92. The molecule has 1 aromatic carbocycles. The van der Waals surface area contributed by atoms with Crippen molar-refractivity contribution in [2.24, 2.45) is 5.92 Å². The SMILES string of the molecule is Cc1cc(C2=CC=CC[C@H]2C)ncc1-c1ccccc1. The van der Waals surface area contributed by atoms with E-state index in [1.807, 2.05) is 12.3 Å². The van der Waals surface area contributed by atoms with Crippen LogP contribution in [0.15, 0.2) is 60.8 Å². The molecule has 1 heteroatoms. The summed E-state index contributed by atoms with van der Waals surface area (Å²) in [6.45, 7) is 4.43. The molecule has 0 radical (unpaired) electrons. The Labute approximate surface area is 120 Å². The molecule has 100 valence electrons. The van der Waals surface area contributed by atoms with E-state index in [2.05, 4.69) is 67.4 Å². The predicted molar refractivity (Wildman–Crippen MR) is 85.3 cm³/mol. The Morgan fingerprint density at radius 3 is 2.65 bits per heavy atom. The van der Waals surface area contributed by atoms with Gasteiger partial charge in [0, 0.05) is 11.8 Å². The summed E-state index contributed by atoms with van der Waals surface area (Å²) in [6, 6.07) is 12.7. The first-order chi connectivity index (χ1) is 9.75. The highest BCUT2D eigenvalue weighted by atomic mass is 14.7. The first kappa shape index (κ1) is 12.9. The van der Waals surface area contributed by atoms with Gasteiger partial charge in [0.1, 0.15) is 0 Å². The van der Waals surface area contributed by atoms with Crippen LogP contribution in [0.3, 0.4) is 0 Å². The van der Waals surface area contributed by atoms with Crippen molar-refractivity contribution in [3.63, 3.8) is 0 Å². The van der Waals surface area contributed by atoms with Crippen molar-refractivity contribution in [1.29, 1.82) is 0 Å². The summed E-state index contributed by atoms with van der Waals surface area (Å²) in [7, 11) is 0. The maximum atomic E-state index is 4.69. The molecule has 20 heavy (non-hydrogen) atoms. The molecule has 1 aromatic heterocycles. The van der Waals surface area contributed by atoms with Gasteiger partial charge >= 0.3 is 0 Å². The van der Waals surface area contributed by atoms with Crippen molar-refractivity contribution in [2.45, 2.75) is 20.3 Å². The zero-order valence-corrected chi connectivity index (χ0v) is 12.0. The Kier molecular flexibility index (Phi) is 3.51. The minimum atomic E-state index is 0.550. The fraction of sp³-hybridized carbons (Fsp3) is 0.211. The number of rotatable bonds is 2. The van der Waals surface area contributed by atoms with Crippen molar-refractivity contribution >= 4 is 5.57 Å². The predicted octanol–water partition coefficient (Wildman–Crippen LogP) is 5.04. The van der Waals surface area contributed by atoms with Gasteiger partial charge in [-0.25, -0.2) is 0 Å². The summed E-state index contributed by atoms with van der Waals surface area (Å²) < 4.78 is 0. The lowest BCUT2D eigenvalue weighted by molar-refractivity contribution is 0.754. The summed E-state index contributed by atoms with van der Waals surface area (Å²) >= 11 is 0. The molecular formula is C19H19N. The molecule has 2 aromatic rings. The molecule has 0 saturated carbocycles. The number of hydrogen-bond acceptors (Lipinski definition) is 1. The van der Waals surface area contributed by atoms with Crippen molar-refractivity contribution in [3.05, 3.63) is 72.1 Å². The molecule has 0 bridgehead atoms. The lowest BCUT2D eigenvalue weighted by Gasteiger charge is -2.17. The van der Waals surface area contributed by atoms with Gasteiger partial charge in [-0.15, -0.1) is 0 Å². The van der Waals surface area contributed by atoms with E-state index < -0.39 is 0 Å². The second-order valence-electron chi connectivity index (χ2n) is 5.44.